The number of carbonyl (C=O) groups is 2. The van der Waals surface area contributed by atoms with Crippen LogP contribution < -0.4 is 11.1 Å². The maximum absolute atomic E-state index is 12.2. The second-order valence-electron chi connectivity index (χ2n) is 5.49. The number of hydrogen-bond acceptors (Lipinski definition) is 3. The first kappa shape index (κ1) is 15.7. The van der Waals surface area contributed by atoms with Crippen LogP contribution in [0.25, 0.3) is 11.0 Å². The van der Waals surface area contributed by atoms with Gasteiger partial charge in [-0.3, -0.25) is 9.59 Å². The molecular formula is C18H18N4O2. The van der Waals surface area contributed by atoms with Crippen molar-refractivity contribution in [2.75, 3.05) is 0 Å². The van der Waals surface area contributed by atoms with E-state index in [2.05, 4.69) is 10.3 Å². The summed E-state index contributed by atoms with van der Waals surface area (Å²) in [5, 5.41) is 2.70. The van der Waals surface area contributed by atoms with E-state index in [1.54, 1.807) is 30.6 Å². The normalized spacial score (nSPS) is 12.0. The van der Waals surface area contributed by atoms with Gasteiger partial charge in [-0.25, -0.2) is 4.98 Å². The minimum Gasteiger partial charge on any atom is -0.368 e. The van der Waals surface area contributed by atoms with Crippen molar-refractivity contribution in [2.45, 2.75) is 19.0 Å². The van der Waals surface area contributed by atoms with Gasteiger partial charge in [0.25, 0.3) is 0 Å². The number of aryl methyl sites for hydroxylation is 1. The molecule has 0 spiro atoms. The van der Waals surface area contributed by atoms with Gasteiger partial charge in [-0.15, -0.1) is 0 Å². The van der Waals surface area contributed by atoms with Crippen molar-refractivity contribution in [3.05, 3.63) is 66.5 Å². The lowest BCUT2D eigenvalue weighted by Gasteiger charge is -2.16. The van der Waals surface area contributed by atoms with Gasteiger partial charge >= 0.3 is 0 Å². The largest absolute Gasteiger partial charge is 0.368 e. The number of fused-ring (bicyclic) bond motifs is 1. The number of para-hydroxylation sites is 2. The minimum absolute atomic E-state index is 0.233. The van der Waals surface area contributed by atoms with Gasteiger partial charge < -0.3 is 15.6 Å². The molecule has 6 nitrogen and oxygen atoms in total. The number of imidazole rings is 1. The molecular weight excluding hydrogens is 304 g/mol. The van der Waals surface area contributed by atoms with Gasteiger partial charge in [0.2, 0.25) is 11.8 Å². The van der Waals surface area contributed by atoms with Crippen LogP contribution in [0.2, 0.25) is 0 Å². The van der Waals surface area contributed by atoms with Gasteiger partial charge in [0.15, 0.2) is 0 Å². The quantitative estimate of drug-likeness (QED) is 0.724. The first-order valence-electron chi connectivity index (χ1n) is 7.68. The van der Waals surface area contributed by atoms with Crippen molar-refractivity contribution in [1.82, 2.24) is 14.9 Å². The predicted molar refractivity (Wildman–Crippen MR) is 90.9 cm³/mol. The molecule has 1 unspecified atom stereocenters. The molecule has 1 heterocycles. The SMILES string of the molecule is NC(=O)C(NC(=O)CCn1cnc2ccccc21)c1ccccc1. The highest BCUT2D eigenvalue weighted by Gasteiger charge is 2.19. The van der Waals surface area contributed by atoms with Gasteiger partial charge in [-0.2, -0.15) is 0 Å². The van der Waals surface area contributed by atoms with Crippen molar-refractivity contribution in [3.63, 3.8) is 0 Å². The van der Waals surface area contributed by atoms with Crippen molar-refractivity contribution >= 4 is 22.8 Å². The third-order valence-electron chi connectivity index (χ3n) is 3.83. The zero-order valence-corrected chi connectivity index (χ0v) is 13.1. The number of nitrogens with zero attached hydrogens (tertiary/aromatic N) is 2. The standard InChI is InChI=1S/C18H18N4O2/c19-18(24)17(13-6-2-1-3-7-13)21-16(23)10-11-22-12-20-14-8-4-5-9-15(14)22/h1-9,12,17H,10-11H2,(H2,19,24)(H,21,23). The summed E-state index contributed by atoms with van der Waals surface area (Å²) in [4.78, 5) is 28.1. The lowest BCUT2D eigenvalue weighted by atomic mass is 10.1. The van der Waals surface area contributed by atoms with E-state index in [-0.39, 0.29) is 12.3 Å². The number of amides is 2. The molecule has 6 heteroatoms. The number of rotatable bonds is 6. The molecule has 0 radical (unpaired) electrons. The number of hydrogen-bond donors (Lipinski definition) is 2. The third kappa shape index (κ3) is 3.43. The summed E-state index contributed by atoms with van der Waals surface area (Å²) in [6, 6.07) is 15.9. The Bertz CT molecular complexity index is 858. The summed E-state index contributed by atoms with van der Waals surface area (Å²) in [5.74, 6) is -0.817. The Morgan fingerprint density at radius 3 is 2.54 bits per heavy atom. The smallest absolute Gasteiger partial charge is 0.244 e. The van der Waals surface area contributed by atoms with Crippen molar-refractivity contribution in [2.24, 2.45) is 5.73 Å². The average molecular weight is 322 g/mol. The third-order valence-corrected chi connectivity index (χ3v) is 3.83. The van der Waals surface area contributed by atoms with Crippen LogP contribution in [-0.4, -0.2) is 21.4 Å². The zero-order chi connectivity index (χ0) is 16.9. The average Bonchev–Trinajstić information content (AvgIpc) is 3.01. The van der Waals surface area contributed by atoms with Crippen LogP contribution in [0, 0.1) is 0 Å². The van der Waals surface area contributed by atoms with Crippen LogP contribution in [0.5, 0.6) is 0 Å². The van der Waals surface area contributed by atoms with Crippen molar-refractivity contribution in [3.8, 4) is 0 Å². The molecule has 0 saturated carbocycles. The summed E-state index contributed by atoms with van der Waals surface area (Å²) >= 11 is 0. The highest BCUT2D eigenvalue weighted by Crippen LogP contribution is 2.14. The maximum atomic E-state index is 12.2. The number of aromatic nitrogens is 2. The lowest BCUT2D eigenvalue weighted by molar-refractivity contribution is -0.127. The van der Waals surface area contributed by atoms with Gasteiger partial charge in [0.05, 0.1) is 17.4 Å². The van der Waals surface area contributed by atoms with Crippen LogP contribution in [0.15, 0.2) is 60.9 Å². The number of benzene rings is 2. The minimum atomic E-state index is -0.821. The molecule has 24 heavy (non-hydrogen) atoms. The fraction of sp³-hybridized carbons (Fsp3) is 0.167. The summed E-state index contributed by atoms with van der Waals surface area (Å²) in [7, 11) is 0. The first-order valence-corrected chi connectivity index (χ1v) is 7.68. The van der Waals surface area contributed by atoms with E-state index in [1.807, 2.05) is 34.9 Å². The predicted octanol–water partition coefficient (Wildman–Crippen LogP) is 1.77. The van der Waals surface area contributed by atoms with E-state index in [0.717, 1.165) is 11.0 Å². The Morgan fingerprint density at radius 1 is 1.08 bits per heavy atom. The number of carbonyl (C=O) groups excluding carboxylic acids is 2. The first-order chi connectivity index (χ1) is 11.6. The molecule has 0 aliphatic heterocycles. The molecule has 1 aromatic heterocycles. The summed E-state index contributed by atoms with van der Waals surface area (Å²) in [6.07, 6.45) is 1.94. The monoisotopic (exact) mass is 322 g/mol. The zero-order valence-electron chi connectivity index (χ0n) is 13.1. The number of primary amides is 1. The topological polar surface area (TPSA) is 90.0 Å². The molecule has 0 saturated heterocycles. The highest BCUT2D eigenvalue weighted by atomic mass is 16.2. The summed E-state index contributed by atoms with van der Waals surface area (Å²) in [5.41, 5.74) is 7.94. The van der Waals surface area contributed by atoms with Gasteiger partial charge in [-0.05, 0) is 17.7 Å². The molecule has 0 bridgehead atoms. The van der Waals surface area contributed by atoms with Gasteiger partial charge in [0.1, 0.15) is 6.04 Å². The van der Waals surface area contributed by atoms with Gasteiger partial charge in [-0.1, -0.05) is 42.5 Å². The van der Waals surface area contributed by atoms with E-state index in [0.29, 0.717) is 12.1 Å². The molecule has 3 rings (SSSR count). The fourth-order valence-electron chi connectivity index (χ4n) is 2.61. The molecule has 1 atom stereocenters. The van der Waals surface area contributed by atoms with E-state index in [1.165, 1.54) is 0 Å². The maximum Gasteiger partial charge on any atom is 0.244 e. The molecule has 2 aromatic carbocycles. The Morgan fingerprint density at radius 2 is 1.79 bits per heavy atom. The molecule has 122 valence electrons. The highest BCUT2D eigenvalue weighted by molar-refractivity contribution is 5.87. The molecule has 2 amide bonds. The van der Waals surface area contributed by atoms with Crippen molar-refractivity contribution < 1.29 is 9.59 Å². The van der Waals surface area contributed by atoms with Crippen LogP contribution in [-0.2, 0) is 16.1 Å². The molecule has 0 aliphatic carbocycles. The van der Waals surface area contributed by atoms with E-state index < -0.39 is 11.9 Å². The van der Waals surface area contributed by atoms with Crippen LogP contribution in [0.4, 0.5) is 0 Å². The summed E-state index contributed by atoms with van der Waals surface area (Å²) in [6.45, 7) is 0.479. The molecule has 3 N–H and O–H groups in total. The van der Waals surface area contributed by atoms with E-state index in [9.17, 15) is 9.59 Å². The summed E-state index contributed by atoms with van der Waals surface area (Å²) < 4.78 is 1.91. The fourth-order valence-corrected chi connectivity index (χ4v) is 2.61. The van der Waals surface area contributed by atoms with Crippen molar-refractivity contribution in [1.29, 1.82) is 0 Å². The Kier molecular flexibility index (Phi) is 4.56. The second-order valence-corrected chi connectivity index (χ2v) is 5.49. The Labute approximate surface area is 139 Å². The number of nitrogens with one attached hydrogen (secondary N) is 1. The lowest BCUT2D eigenvalue weighted by Crippen LogP contribution is -2.37. The van der Waals surface area contributed by atoms with Crippen LogP contribution in [0.3, 0.4) is 0 Å². The molecule has 0 fully saturated rings. The molecule has 3 aromatic rings. The Hall–Kier alpha value is -3.15. The Balaban J connectivity index is 1.65. The second kappa shape index (κ2) is 6.95. The van der Waals surface area contributed by atoms with E-state index in [4.69, 9.17) is 5.73 Å². The van der Waals surface area contributed by atoms with Gasteiger partial charge in [0, 0.05) is 13.0 Å². The number of nitrogens with two attached hydrogens (primary N) is 1. The van der Waals surface area contributed by atoms with Crippen LogP contribution in [0.1, 0.15) is 18.0 Å². The van der Waals surface area contributed by atoms with Crippen LogP contribution >= 0.6 is 0 Å². The molecule has 0 aliphatic rings. The van der Waals surface area contributed by atoms with E-state index >= 15 is 0 Å².